The normalized spacial score (nSPS) is 17.5. The molecule has 0 unspecified atom stereocenters. The minimum atomic E-state index is -4.17. The van der Waals surface area contributed by atoms with Gasteiger partial charge in [-0.25, -0.2) is 4.98 Å². The van der Waals surface area contributed by atoms with Crippen LogP contribution in [0, 0.1) is 5.92 Å². The number of hydrogen-bond acceptors (Lipinski definition) is 3. The second-order valence-corrected chi connectivity index (χ2v) is 4.58. The van der Waals surface area contributed by atoms with Crippen molar-refractivity contribution in [3.8, 4) is 0 Å². The van der Waals surface area contributed by atoms with Gasteiger partial charge in [0.15, 0.2) is 0 Å². The van der Waals surface area contributed by atoms with Crippen LogP contribution in [0.25, 0.3) is 0 Å². The molecule has 1 fully saturated rings. The monoisotopic (exact) mass is 273 g/mol. The van der Waals surface area contributed by atoms with E-state index in [1.54, 1.807) is 6.07 Å². The first-order chi connectivity index (χ1) is 8.88. The Labute approximate surface area is 108 Å². The van der Waals surface area contributed by atoms with Gasteiger partial charge in [0.1, 0.15) is 5.69 Å². The Hall–Kier alpha value is -1.79. The molecule has 1 aromatic heterocycles. The summed E-state index contributed by atoms with van der Waals surface area (Å²) < 4.78 is 37.5. The van der Waals surface area contributed by atoms with E-state index >= 15 is 0 Å². The van der Waals surface area contributed by atoms with E-state index < -0.39 is 12.1 Å². The number of rotatable bonds is 1. The van der Waals surface area contributed by atoms with E-state index in [4.69, 9.17) is 5.73 Å². The van der Waals surface area contributed by atoms with E-state index in [0.717, 1.165) is 0 Å². The van der Waals surface area contributed by atoms with Gasteiger partial charge in [0.25, 0.3) is 5.91 Å². The van der Waals surface area contributed by atoms with Crippen LogP contribution in [0.5, 0.6) is 0 Å². The molecule has 0 bridgehead atoms. The molecule has 1 aliphatic heterocycles. The zero-order chi connectivity index (χ0) is 14.0. The lowest BCUT2D eigenvalue weighted by molar-refractivity contribution is -0.183. The van der Waals surface area contributed by atoms with E-state index in [1.165, 1.54) is 17.2 Å². The van der Waals surface area contributed by atoms with Crippen molar-refractivity contribution in [3.63, 3.8) is 0 Å². The summed E-state index contributed by atoms with van der Waals surface area (Å²) in [6.45, 7) is 0.212. The van der Waals surface area contributed by atoms with Crippen LogP contribution in [-0.2, 0) is 0 Å². The maximum atomic E-state index is 12.5. The number of nitrogens with two attached hydrogens (primary N) is 1. The van der Waals surface area contributed by atoms with E-state index in [0.29, 0.717) is 5.69 Å². The first-order valence-corrected chi connectivity index (χ1v) is 5.95. The third-order valence-electron chi connectivity index (χ3n) is 3.25. The lowest BCUT2D eigenvalue weighted by Gasteiger charge is -2.32. The van der Waals surface area contributed by atoms with Crippen molar-refractivity contribution in [2.75, 3.05) is 18.8 Å². The highest BCUT2D eigenvalue weighted by atomic mass is 19.4. The summed E-state index contributed by atoms with van der Waals surface area (Å²) >= 11 is 0. The second-order valence-electron chi connectivity index (χ2n) is 4.58. The number of likely N-dealkylation sites (tertiary alicyclic amines) is 1. The third-order valence-corrected chi connectivity index (χ3v) is 3.25. The number of nitrogens with zero attached hydrogens (tertiary/aromatic N) is 2. The lowest BCUT2D eigenvalue weighted by atomic mass is 9.96. The number of pyridine rings is 1. The van der Waals surface area contributed by atoms with Gasteiger partial charge in [0.2, 0.25) is 0 Å². The SMILES string of the molecule is Nc1ccc(C(=O)N2CCC(C(F)(F)F)CC2)nc1. The number of alkyl halides is 3. The van der Waals surface area contributed by atoms with Gasteiger partial charge in [-0.15, -0.1) is 0 Å². The summed E-state index contributed by atoms with van der Waals surface area (Å²) in [4.78, 5) is 17.3. The first-order valence-electron chi connectivity index (χ1n) is 5.95. The summed E-state index contributed by atoms with van der Waals surface area (Å²) in [5.74, 6) is -1.66. The molecule has 0 aliphatic carbocycles. The lowest BCUT2D eigenvalue weighted by Crippen LogP contribution is -2.42. The molecular weight excluding hydrogens is 259 g/mol. The number of halogens is 3. The predicted molar refractivity (Wildman–Crippen MR) is 63.3 cm³/mol. The van der Waals surface area contributed by atoms with Crippen LogP contribution < -0.4 is 5.73 Å². The molecule has 0 spiro atoms. The standard InChI is InChI=1S/C12H14F3N3O/c13-12(14,15)8-3-5-18(6-4-8)11(19)10-2-1-9(16)7-17-10/h1-2,7-8H,3-6,16H2. The molecule has 2 N–H and O–H groups in total. The highest BCUT2D eigenvalue weighted by Gasteiger charge is 2.41. The largest absolute Gasteiger partial charge is 0.397 e. The Morgan fingerprint density at radius 2 is 1.95 bits per heavy atom. The predicted octanol–water partition coefficient (Wildman–Crippen LogP) is 2.08. The van der Waals surface area contributed by atoms with Crippen LogP contribution in [0.15, 0.2) is 18.3 Å². The average molecular weight is 273 g/mol. The summed E-state index contributed by atoms with van der Waals surface area (Å²) in [6.07, 6.45) is -2.92. The van der Waals surface area contributed by atoms with Crippen LogP contribution >= 0.6 is 0 Å². The minimum absolute atomic E-state index is 0.0514. The number of hydrogen-bond donors (Lipinski definition) is 1. The van der Waals surface area contributed by atoms with Crippen LogP contribution in [0.3, 0.4) is 0 Å². The quantitative estimate of drug-likeness (QED) is 0.852. The van der Waals surface area contributed by atoms with Crippen molar-refractivity contribution in [3.05, 3.63) is 24.0 Å². The van der Waals surface area contributed by atoms with Crippen molar-refractivity contribution in [1.29, 1.82) is 0 Å². The van der Waals surface area contributed by atoms with Gasteiger partial charge in [0.05, 0.1) is 17.8 Å². The molecule has 1 amide bonds. The van der Waals surface area contributed by atoms with Gasteiger partial charge in [-0.2, -0.15) is 13.2 Å². The summed E-state index contributed by atoms with van der Waals surface area (Å²) in [7, 11) is 0. The van der Waals surface area contributed by atoms with Gasteiger partial charge in [-0.05, 0) is 25.0 Å². The van der Waals surface area contributed by atoms with Crippen molar-refractivity contribution >= 4 is 11.6 Å². The van der Waals surface area contributed by atoms with Crippen LogP contribution in [0.1, 0.15) is 23.3 Å². The summed E-state index contributed by atoms with van der Waals surface area (Å²) in [6, 6.07) is 3.02. The van der Waals surface area contributed by atoms with Gasteiger partial charge in [-0.3, -0.25) is 4.79 Å². The Morgan fingerprint density at radius 1 is 1.32 bits per heavy atom. The molecular formula is C12H14F3N3O. The number of anilines is 1. The number of aromatic nitrogens is 1. The fraction of sp³-hybridized carbons (Fsp3) is 0.500. The molecule has 0 aromatic carbocycles. The molecule has 104 valence electrons. The van der Waals surface area contributed by atoms with Crippen LogP contribution in [0.4, 0.5) is 18.9 Å². The molecule has 19 heavy (non-hydrogen) atoms. The smallest absolute Gasteiger partial charge is 0.391 e. The molecule has 0 radical (unpaired) electrons. The van der Waals surface area contributed by atoms with Crippen LogP contribution in [0.2, 0.25) is 0 Å². The van der Waals surface area contributed by atoms with Crippen molar-refractivity contribution in [2.24, 2.45) is 5.92 Å². The minimum Gasteiger partial charge on any atom is -0.397 e. The summed E-state index contributed by atoms with van der Waals surface area (Å²) in [5.41, 5.74) is 6.10. The van der Waals surface area contributed by atoms with Gasteiger partial charge in [0, 0.05) is 13.1 Å². The topological polar surface area (TPSA) is 59.2 Å². The number of piperidine rings is 1. The van der Waals surface area contributed by atoms with E-state index in [2.05, 4.69) is 4.98 Å². The molecule has 0 atom stereocenters. The molecule has 7 heteroatoms. The molecule has 2 heterocycles. The highest BCUT2D eigenvalue weighted by Crippen LogP contribution is 2.34. The number of nitrogen functional groups attached to an aromatic ring is 1. The molecule has 1 aromatic rings. The average Bonchev–Trinajstić information content (AvgIpc) is 2.38. The number of carbonyl (C=O) groups is 1. The van der Waals surface area contributed by atoms with E-state index in [-0.39, 0.29) is 37.5 Å². The second kappa shape index (κ2) is 5.07. The van der Waals surface area contributed by atoms with Gasteiger partial charge in [-0.1, -0.05) is 0 Å². The number of carbonyl (C=O) groups excluding carboxylic acids is 1. The first kappa shape index (κ1) is 13.6. The van der Waals surface area contributed by atoms with E-state index in [9.17, 15) is 18.0 Å². The van der Waals surface area contributed by atoms with E-state index in [1.807, 2.05) is 0 Å². The fourth-order valence-corrected chi connectivity index (χ4v) is 2.10. The maximum Gasteiger partial charge on any atom is 0.391 e. The Morgan fingerprint density at radius 3 is 2.42 bits per heavy atom. The van der Waals surface area contributed by atoms with Crippen molar-refractivity contribution in [1.82, 2.24) is 9.88 Å². The van der Waals surface area contributed by atoms with Crippen LogP contribution in [-0.4, -0.2) is 35.1 Å². The molecule has 0 saturated carbocycles. The third kappa shape index (κ3) is 3.15. The molecule has 4 nitrogen and oxygen atoms in total. The maximum absolute atomic E-state index is 12.5. The van der Waals surface area contributed by atoms with Crippen molar-refractivity contribution < 1.29 is 18.0 Å². The zero-order valence-corrected chi connectivity index (χ0v) is 10.2. The highest BCUT2D eigenvalue weighted by molar-refractivity contribution is 5.92. The Balaban J connectivity index is 1.98. The number of amides is 1. The van der Waals surface area contributed by atoms with Gasteiger partial charge < -0.3 is 10.6 Å². The molecule has 2 rings (SSSR count). The zero-order valence-electron chi connectivity index (χ0n) is 10.2. The Kier molecular flexibility index (Phi) is 3.64. The van der Waals surface area contributed by atoms with Gasteiger partial charge >= 0.3 is 6.18 Å². The fourth-order valence-electron chi connectivity index (χ4n) is 2.10. The van der Waals surface area contributed by atoms with Crippen molar-refractivity contribution in [2.45, 2.75) is 19.0 Å². The summed E-state index contributed by atoms with van der Waals surface area (Å²) in [5, 5.41) is 0. The molecule has 1 aliphatic rings. The molecule has 1 saturated heterocycles. The Bertz CT molecular complexity index is 450.